The van der Waals surface area contributed by atoms with Crippen molar-refractivity contribution in [3.05, 3.63) is 23.8 Å². The van der Waals surface area contributed by atoms with Gasteiger partial charge in [-0.2, -0.15) is 0 Å². The lowest BCUT2D eigenvalue weighted by molar-refractivity contribution is -0.908. The molecule has 158 valence electrons. The van der Waals surface area contributed by atoms with Gasteiger partial charge in [-0.3, -0.25) is 4.79 Å². The second-order valence-corrected chi connectivity index (χ2v) is 8.43. The maximum Gasteiger partial charge on any atom is 0.255 e. The standard InChI is InChI=1S/C18H29N3O6S/c1-25-15-4-5-16(17(14-15)26-2)18(22)19-7-13-28(23,24)20-6-3-8-21-9-11-27-12-10-21/h4-5,14,20H,3,6-13H2,1-2H3,(H,19,22)/p+1. The highest BCUT2D eigenvalue weighted by Gasteiger charge is 2.16. The molecule has 9 nitrogen and oxygen atoms in total. The van der Waals surface area contributed by atoms with Crippen molar-refractivity contribution in [3.63, 3.8) is 0 Å². The van der Waals surface area contributed by atoms with Gasteiger partial charge in [0.2, 0.25) is 10.0 Å². The maximum absolute atomic E-state index is 12.3. The molecule has 0 bridgehead atoms. The lowest BCUT2D eigenvalue weighted by atomic mass is 10.2. The Labute approximate surface area is 166 Å². The Morgan fingerprint density at radius 2 is 1.93 bits per heavy atom. The van der Waals surface area contributed by atoms with E-state index in [1.807, 2.05) is 0 Å². The van der Waals surface area contributed by atoms with Crippen LogP contribution in [0.2, 0.25) is 0 Å². The van der Waals surface area contributed by atoms with Crippen LogP contribution in [0.4, 0.5) is 0 Å². The summed E-state index contributed by atoms with van der Waals surface area (Å²) in [5.41, 5.74) is 0.321. The topological polar surface area (TPSA) is 107 Å². The quantitative estimate of drug-likeness (QED) is 0.386. The first kappa shape index (κ1) is 22.4. The molecule has 1 saturated heterocycles. The number of hydrogen-bond acceptors (Lipinski definition) is 6. The Morgan fingerprint density at radius 3 is 2.61 bits per heavy atom. The zero-order valence-electron chi connectivity index (χ0n) is 16.5. The van der Waals surface area contributed by atoms with Crippen LogP contribution in [-0.4, -0.2) is 80.2 Å². The number of ether oxygens (including phenoxy) is 3. The van der Waals surface area contributed by atoms with E-state index in [0.29, 0.717) is 23.6 Å². The highest BCUT2D eigenvalue weighted by molar-refractivity contribution is 7.89. The third kappa shape index (κ3) is 7.27. The molecule has 1 amide bonds. The molecule has 0 radical (unpaired) electrons. The van der Waals surface area contributed by atoms with Crippen LogP contribution in [-0.2, 0) is 14.8 Å². The highest BCUT2D eigenvalue weighted by Crippen LogP contribution is 2.24. The largest absolute Gasteiger partial charge is 0.497 e. The summed E-state index contributed by atoms with van der Waals surface area (Å²) in [5.74, 6) is 0.356. The second kappa shape index (κ2) is 11.2. The van der Waals surface area contributed by atoms with E-state index in [2.05, 4.69) is 10.0 Å². The van der Waals surface area contributed by atoms with Crippen molar-refractivity contribution >= 4 is 15.9 Å². The third-order valence-corrected chi connectivity index (χ3v) is 5.92. The summed E-state index contributed by atoms with van der Waals surface area (Å²) >= 11 is 0. The van der Waals surface area contributed by atoms with Crippen molar-refractivity contribution in [2.24, 2.45) is 0 Å². The summed E-state index contributed by atoms with van der Waals surface area (Å²) in [6.07, 6.45) is 0.768. The van der Waals surface area contributed by atoms with Crippen molar-refractivity contribution in [3.8, 4) is 11.5 Å². The maximum atomic E-state index is 12.3. The van der Waals surface area contributed by atoms with Gasteiger partial charge < -0.3 is 24.4 Å². The molecule has 0 spiro atoms. The molecule has 2 rings (SSSR count). The third-order valence-electron chi connectivity index (χ3n) is 4.54. The van der Waals surface area contributed by atoms with E-state index in [1.54, 1.807) is 18.2 Å². The van der Waals surface area contributed by atoms with Gasteiger partial charge in [-0.25, -0.2) is 13.1 Å². The Kier molecular flexibility index (Phi) is 8.97. The number of carbonyl (C=O) groups is 1. The fraction of sp³-hybridized carbons (Fsp3) is 0.611. The van der Waals surface area contributed by atoms with Crippen molar-refractivity contribution in [2.75, 3.05) is 65.9 Å². The van der Waals surface area contributed by atoms with Gasteiger partial charge in [0, 0.05) is 25.6 Å². The molecule has 0 aromatic heterocycles. The van der Waals surface area contributed by atoms with Crippen molar-refractivity contribution in [2.45, 2.75) is 6.42 Å². The number of methoxy groups -OCH3 is 2. The molecule has 1 aromatic rings. The number of benzene rings is 1. The number of nitrogens with one attached hydrogen (secondary N) is 3. The molecular weight excluding hydrogens is 386 g/mol. The Bertz CT molecular complexity index is 735. The van der Waals surface area contributed by atoms with Crippen molar-refractivity contribution in [1.29, 1.82) is 0 Å². The molecule has 28 heavy (non-hydrogen) atoms. The SMILES string of the molecule is COc1ccc(C(=O)NCCS(=O)(=O)NCCC[NH+]2CCOCC2)c(OC)c1. The molecule has 0 saturated carbocycles. The van der Waals surface area contributed by atoms with E-state index in [-0.39, 0.29) is 12.3 Å². The molecule has 1 aliphatic heterocycles. The van der Waals surface area contributed by atoms with Gasteiger partial charge in [0.1, 0.15) is 24.6 Å². The van der Waals surface area contributed by atoms with Crippen LogP contribution in [0.3, 0.4) is 0 Å². The number of carbonyl (C=O) groups excluding carboxylic acids is 1. The molecule has 3 N–H and O–H groups in total. The molecule has 1 heterocycles. The molecule has 0 unspecified atom stereocenters. The van der Waals surface area contributed by atoms with Gasteiger partial charge in [0.15, 0.2) is 0 Å². The monoisotopic (exact) mass is 416 g/mol. The number of sulfonamides is 1. The number of amides is 1. The molecule has 10 heteroatoms. The van der Waals surface area contributed by atoms with Crippen LogP contribution in [0.5, 0.6) is 11.5 Å². The van der Waals surface area contributed by atoms with Gasteiger partial charge in [-0.05, 0) is 12.1 Å². The molecule has 1 aromatic carbocycles. The summed E-state index contributed by atoms with van der Waals surface area (Å²) in [6.45, 7) is 4.78. The molecule has 1 aliphatic rings. The van der Waals surface area contributed by atoms with Crippen molar-refractivity contribution < 1.29 is 32.3 Å². The van der Waals surface area contributed by atoms with Crippen LogP contribution in [0, 0.1) is 0 Å². The first-order valence-electron chi connectivity index (χ1n) is 9.34. The number of morpholine rings is 1. The van der Waals surface area contributed by atoms with E-state index < -0.39 is 15.9 Å². The number of rotatable bonds is 11. The normalized spacial score (nSPS) is 15.2. The highest BCUT2D eigenvalue weighted by atomic mass is 32.2. The number of quaternary nitrogens is 1. The minimum absolute atomic E-state index is 0.0120. The lowest BCUT2D eigenvalue weighted by Crippen LogP contribution is -3.14. The summed E-state index contributed by atoms with van der Waals surface area (Å²) in [7, 11) is -0.459. The number of hydrogen-bond donors (Lipinski definition) is 3. The van der Waals surface area contributed by atoms with Crippen LogP contribution in [0.25, 0.3) is 0 Å². The van der Waals surface area contributed by atoms with E-state index in [1.165, 1.54) is 19.1 Å². The van der Waals surface area contributed by atoms with Gasteiger partial charge in [-0.1, -0.05) is 0 Å². The van der Waals surface area contributed by atoms with E-state index in [9.17, 15) is 13.2 Å². The minimum atomic E-state index is -3.44. The molecule has 0 aliphatic carbocycles. The average molecular weight is 417 g/mol. The second-order valence-electron chi connectivity index (χ2n) is 6.50. The first-order valence-corrected chi connectivity index (χ1v) is 11.0. The van der Waals surface area contributed by atoms with Crippen LogP contribution in [0.15, 0.2) is 18.2 Å². The summed E-state index contributed by atoms with van der Waals surface area (Å²) in [6, 6.07) is 4.82. The minimum Gasteiger partial charge on any atom is -0.497 e. The zero-order valence-corrected chi connectivity index (χ0v) is 17.3. The van der Waals surface area contributed by atoms with Gasteiger partial charge in [0.05, 0.1) is 45.3 Å². The van der Waals surface area contributed by atoms with Crippen LogP contribution in [0.1, 0.15) is 16.8 Å². The smallest absolute Gasteiger partial charge is 0.255 e. The van der Waals surface area contributed by atoms with E-state index >= 15 is 0 Å². The van der Waals surface area contributed by atoms with Crippen LogP contribution < -0.4 is 24.4 Å². The Hall–Kier alpha value is -1.88. The average Bonchev–Trinajstić information content (AvgIpc) is 2.71. The lowest BCUT2D eigenvalue weighted by Gasteiger charge is -2.23. The predicted octanol–water partition coefficient (Wildman–Crippen LogP) is -1.34. The zero-order chi connectivity index (χ0) is 20.4. The van der Waals surface area contributed by atoms with Crippen LogP contribution >= 0.6 is 0 Å². The summed E-state index contributed by atoms with van der Waals surface area (Å²) in [4.78, 5) is 13.7. The molecule has 1 fully saturated rings. The van der Waals surface area contributed by atoms with Gasteiger partial charge in [0.25, 0.3) is 5.91 Å². The van der Waals surface area contributed by atoms with E-state index in [4.69, 9.17) is 14.2 Å². The fourth-order valence-corrected chi connectivity index (χ4v) is 3.90. The predicted molar refractivity (Wildman–Crippen MR) is 105 cm³/mol. The molecular formula is C18H30N3O6S+. The van der Waals surface area contributed by atoms with E-state index in [0.717, 1.165) is 39.3 Å². The van der Waals surface area contributed by atoms with Gasteiger partial charge in [-0.15, -0.1) is 0 Å². The van der Waals surface area contributed by atoms with Gasteiger partial charge >= 0.3 is 0 Å². The first-order chi connectivity index (χ1) is 13.4. The Morgan fingerprint density at radius 1 is 1.18 bits per heavy atom. The summed E-state index contributed by atoms with van der Waals surface area (Å²) < 4.78 is 42.3. The fourth-order valence-electron chi connectivity index (χ4n) is 2.93. The van der Waals surface area contributed by atoms with Crippen molar-refractivity contribution in [1.82, 2.24) is 10.0 Å². The summed E-state index contributed by atoms with van der Waals surface area (Å²) in [5, 5.41) is 2.61. The Balaban J connectivity index is 1.71. The molecule has 0 atom stereocenters.